The van der Waals surface area contributed by atoms with Crippen LogP contribution in [0.4, 0.5) is 10.5 Å². The number of rotatable bonds is 5. The molecule has 0 spiro atoms. The maximum Gasteiger partial charge on any atom is 0.294 e. The van der Waals surface area contributed by atoms with E-state index in [2.05, 4.69) is 40.6 Å². The number of hydrogen-bond donors (Lipinski definition) is 0. The van der Waals surface area contributed by atoms with Crippen LogP contribution < -0.4 is 4.90 Å². The van der Waals surface area contributed by atoms with Gasteiger partial charge < -0.3 is 4.90 Å². The average Bonchev–Trinajstić information content (AvgIpc) is 2.78. The van der Waals surface area contributed by atoms with Crippen molar-refractivity contribution in [3.05, 3.63) is 33.1 Å². The highest BCUT2D eigenvalue weighted by Crippen LogP contribution is 2.33. The number of hydrogen-bond acceptors (Lipinski definition) is 4. The minimum atomic E-state index is -0.332. The maximum atomic E-state index is 12.2. The zero-order valence-corrected chi connectivity index (χ0v) is 15.4. The Kier molecular flexibility index (Phi) is 5.91. The molecule has 4 nitrogen and oxygen atoms in total. The highest BCUT2D eigenvalue weighted by Gasteiger charge is 2.34. The van der Waals surface area contributed by atoms with Crippen molar-refractivity contribution < 1.29 is 9.59 Å². The van der Waals surface area contributed by atoms with Gasteiger partial charge >= 0.3 is 0 Å². The van der Waals surface area contributed by atoms with Gasteiger partial charge in [0.2, 0.25) is 0 Å². The van der Waals surface area contributed by atoms with Crippen LogP contribution in [0.2, 0.25) is 0 Å². The molecule has 0 atom stereocenters. The van der Waals surface area contributed by atoms with E-state index < -0.39 is 0 Å². The highest BCUT2D eigenvalue weighted by molar-refractivity contribution is 9.10. The molecule has 0 aliphatic carbocycles. The molecule has 0 saturated carbocycles. The Bertz CT molecular complexity index is 705. The second-order valence-electron chi connectivity index (χ2n) is 4.86. The van der Waals surface area contributed by atoms with Crippen LogP contribution in [0.5, 0.6) is 0 Å². The van der Waals surface area contributed by atoms with E-state index >= 15 is 0 Å². The Morgan fingerprint density at radius 3 is 2.61 bits per heavy atom. The lowest BCUT2D eigenvalue weighted by Gasteiger charge is -2.22. The molecule has 23 heavy (non-hydrogen) atoms. The molecule has 6 heteroatoms. The fourth-order valence-corrected chi connectivity index (χ4v) is 3.80. The van der Waals surface area contributed by atoms with Crippen LogP contribution in [-0.4, -0.2) is 35.7 Å². The third-order valence-corrected chi connectivity index (χ3v) is 5.04. The van der Waals surface area contributed by atoms with E-state index in [-0.39, 0.29) is 17.7 Å². The lowest BCUT2D eigenvalue weighted by atomic mass is 10.1. The standard InChI is InChI=1S/C17H17BrN2O2S/c1-4-9-20-16(21)15(23-17(20)22)11-12-7-8-14(13(18)10-12)19(5-2)6-3/h1,7-8,10-11H,5-6,9H2,2-3H3/b15-11+. The Labute approximate surface area is 149 Å². The molecule has 1 saturated heterocycles. The largest absolute Gasteiger partial charge is 0.371 e. The van der Waals surface area contributed by atoms with E-state index in [4.69, 9.17) is 6.42 Å². The van der Waals surface area contributed by atoms with Gasteiger partial charge in [-0.05, 0) is 65.3 Å². The highest BCUT2D eigenvalue weighted by atomic mass is 79.9. The van der Waals surface area contributed by atoms with E-state index in [0.29, 0.717) is 4.91 Å². The molecule has 1 aliphatic rings. The predicted octanol–water partition coefficient (Wildman–Crippen LogP) is 3.96. The molecule has 0 unspecified atom stereocenters. The van der Waals surface area contributed by atoms with Crippen molar-refractivity contribution in [2.24, 2.45) is 0 Å². The Morgan fingerprint density at radius 1 is 1.35 bits per heavy atom. The first-order chi connectivity index (χ1) is 11.0. The van der Waals surface area contributed by atoms with Crippen LogP contribution in [0.1, 0.15) is 19.4 Å². The summed E-state index contributed by atoms with van der Waals surface area (Å²) in [5.74, 6) is 2.00. The van der Waals surface area contributed by atoms with Gasteiger partial charge in [0, 0.05) is 17.6 Å². The lowest BCUT2D eigenvalue weighted by Crippen LogP contribution is -2.28. The van der Waals surface area contributed by atoms with Crippen LogP contribution in [0.15, 0.2) is 27.6 Å². The molecule has 1 aliphatic heterocycles. The smallest absolute Gasteiger partial charge is 0.294 e. The van der Waals surface area contributed by atoms with Crippen molar-refractivity contribution in [2.75, 3.05) is 24.5 Å². The molecule has 2 amide bonds. The zero-order valence-electron chi connectivity index (χ0n) is 13.0. The number of carbonyl (C=O) groups excluding carboxylic acids is 2. The summed E-state index contributed by atoms with van der Waals surface area (Å²) in [6.45, 7) is 6.04. The van der Waals surface area contributed by atoms with Crippen molar-refractivity contribution in [2.45, 2.75) is 13.8 Å². The summed E-state index contributed by atoms with van der Waals surface area (Å²) >= 11 is 4.50. The number of thioether (sulfide) groups is 1. The van der Waals surface area contributed by atoms with Crippen LogP contribution in [0.3, 0.4) is 0 Å². The number of nitrogens with zero attached hydrogens (tertiary/aromatic N) is 2. The van der Waals surface area contributed by atoms with Gasteiger partial charge in [-0.1, -0.05) is 12.0 Å². The first kappa shape index (κ1) is 17.6. The summed E-state index contributed by atoms with van der Waals surface area (Å²) in [5, 5.41) is -0.321. The van der Waals surface area contributed by atoms with Crippen molar-refractivity contribution >= 4 is 50.6 Å². The molecular weight excluding hydrogens is 376 g/mol. The topological polar surface area (TPSA) is 40.6 Å². The predicted molar refractivity (Wildman–Crippen MR) is 99.2 cm³/mol. The molecule has 120 valence electrons. The van der Waals surface area contributed by atoms with Crippen LogP contribution >= 0.6 is 27.7 Å². The molecule has 0 bridgehead atoms. The summed E-state index contributed by atoms with van der Waals surface area (Å²) < 4.78 is 0.956. The summed E-state index contributed by atoms with van der Waals surface area (Å²) in [6.07, 6.45) is 6.91. The van der Waals surface area contributed by atoms with Gasteiger partial charge in [0.1, 0.15) is 0 Å². The van der Waals surface area contributed by atoms with Gasteiger partial charge in [-0.3, -0.25) is 14.5 Å². The average molecular weight is 393 g/mol. The minimum Gasteiger partial charge on any atom is -0.371 e. The van der Waals surface area contributed by atoms with Gasteiger partial charge in [0.25, 0.3) is 11.1 Å². The molecule has 0 radical (unpaired) electrons. The van der Waals surface area contributed by atoms with E-state index in [1.54, 1.807) is 6.08 Å². The van der Waals surface area contributed by atoms with Gasteiger partial charge in [0.15, 0.2) is 0 Å². The van der Waals surface area contributed by atoms with Crippen molar-refractivity contribution in [3.63, 3.8) is 0 Å². The monoisotopic (exact) mass is 392 g/mol. The number of benzene rings is 1. The van der Waals surface area contributed by atoms with E-state index in [1.165, 1.54) is 0 Å². The second-order valence-corrected chi connectivity index (χ2v) is 6.70. The Balaban J connectivity index is 2.27. The Morgan fingerprint density at radius 2 is 2.04 bits per heavy atom. The number of imide groups is 1. The third kappa shape index (κ3) is 3.80. The fourth-order valence-electron chi connectivity index (χ4n) is 2.31. The van der Waals surface area contributed by atoms with Crippen molar-refractivity contribution in [1.82, 2.24) is 4.90 Å². The van der Waals surface area contributed by atoms with Gasteiger partial charge in [-0.2, -0.15) is 0 Å². The first-order valence-corrected chi connectivity index (χ1v) is 8.86. The maximum absolute atomic E-state index is 12.2. The molecule has 0 aromatic heterocycles. The van der Waals surface area contributed by atoms with Gasteiger partial charge in [0.05, 0.1) is 17.1 Å². The molecule has 1 aromatic rings. The second kappa shape index (κ2) is 7.71. The van der Waals surface area contributed by atoms with Crippen LogP contribution in [0.25, 0.3) is 6.08 Å². The summed E-state index contributed by atoms with van der Waals surface area (Å²) in [7, 11) is 0. The number of anilines is 1. The minimum absolute atomic E-state index is 0.00655. The van der Waals surface area contributed by atoms with Crippen molar-refractivity contribution in [3.8, 4) is 12.3 Å². The summed E-state index contributed by atoms with van der Waals surface area (Å²) in [6, 6.07) is 5.89. The van der Waals surface area contributed by atoms with E-state index in [9.17, 15) is 9.59 Å². The van der Waals surface area contributed by atoms with Gasteiger partial charge in [-0.15, -0.1) is 6.42 Å². The number of terminal acetylenes is 1. The molecule has 0 N–H and O–H groups in total. The molecule has 1 heterocycles. The number of amides is 2. The molecule has 1 fully saturated rings. The first-order valence-electron chi connectivity index (χ1n) is 7.25. The third-order valence-electron chi connectivity index (χ3n) is 3.50. The zero-order chi connectivity index (χ0) is 17.0. The number of carbonyl (C=O) groups is 2. The lowest BCUT2D eigenvalue weighted by molar-refractivity contribution is -0.122. The summed E-state index contributed by atoms with van der Waals surface area (Å²) in [5.41, 5.74) is 1.96. The quantitative estimate of drug-likeness (QED) is 0.561. The normalized spacial score (nSPS) is 16.1. The van der Waals surface area contributed by atoms with E-state index in [0.717, 1.165) is 45.5 Å². The van der Waals surface area contributed by atoms with Crippen LogP contribution in [-0.2, 0) is 4.79 Å². The van der Waals surface area contributed by atoms with E-state index in [1.807, 2.05) is 18.2 Å². The Hall–Kier alpha value is -1.71. The molecule has 1 aromatic carbocycles. The fraction of sp³-hybridized carbons (Fsp3) is 0.294. The SMILES string of the molecule is C#CCN1C(=O)S/C(=C/c2ccc(N(CC)CC)c(Br)c2)C1=O. The molecular formula is C17H17BrN2O2S. The number of halogens is 1. The summed E-state index contributed by atoms with van der Waals surface area (Å²) in [4.78, 5) is 27.6. The van der Waals surface area contributed by atoms with Gasteiger partial charge in [-0.25, -0.2) is 0 Å². The molecule has 2 rings (SSSR count). The van der Waals surface area contributed by atoms with Crippen LogP contribution in [0, 0.1) is 12.3 Å². The van der Waals surface area contributed by atoms with Crippen molar-refractivity contribution in [1.29, 1.82) is 0 Å².